The van der Waals surface area contributed by atoms with Crippen molar-refractivity contribution < 1.29 is 24.3 Å². The van der Waals surface area contributed by atoms with Crippen LogP contribution < -0.4 is 27.4 Å². The molecule has 3 amide bonds. The molecule has 0 aromatic carbocycles. The molecule has 0 rings (SSSR count). The van der Waals surface area contributed by atoms with Crippen LogP contribution in [0.15, 0.2) is 0 Å². The predicted molar refractivity (Wildman–Crippen MR) is 114 cm³/mol. The summed E-state index contributed by atoms with van der Waals surface area (Å²) in [6, 6.07) is -2.61. The minimum Gasteiger partial charge on any atom is -0.480 e. The minimum absolute atomic E-state index is 0.0363. The fourth-order valence-electron chi connectivity index (χ4n) is 2.77. The molecule has 0 spiro atoms. The third kappa shape index (κ3) is 11.1. The standard InChI is InChI=1S/C20H39N5O5/c1-5-13(4)17(22)19(28)25-15(10-12(2)3)18(27)23-11-16(26)24-14(20(29)30)8-6-7-9-21/h12-15,17H,5-11,21-22H2,1-4H3,(H,23,27)(H,24,26)(H,25,28)(H,29,30). The van der Waals surface area contributed by atoms with Gasteiger partial charge in [0.25, 0.3) is 0 Å². The highest BCUT2D eigenvalue weighted by atomic mass is 16.4. The van der Waals surface area contributed by atoms with Crippen LogP contribution in [0, 0.1) is 11.8 Å². The second-order valence-electron chi connectivity index (χ2n) is 8.06. The number of nitrogens with one attached hydrogen (secondary N) is 3. The maximum atomic E-state index is 12.5. The molecule has 10 nitrogen and oxygen atoms in total. The van der Waals surface area contributed by atoms with Crippen LogP contribution in [0.1, 0.15) is 59.8 Å². The van der Waals surface area contributed by atoms with Gasteiger partial charge in [0.2, 0.25) is 17.7 Å². The van der Waals surface area contributed by atoms with Gasteiger partial charge in [-0.3, -0.25) is 14.4 Å². The smallest absolute Gasteiger partial charge is 0.326 e. The second kappa shape index (κ2) is 14.7. The molecule has 4 atom stereocenters. The molecule has 8 N–H and O–H groups in total. The van der Waals surface area contributed by atoms with E-state index in [1.54, 1.807) is 0 Å². The first-order valence-electron chi connectivity index (χ1n) is 10.6. The van der Waals surface area contributed by atoms with Crippen LogP contribution in [0.25, 0.3) is 0 Å². The summed E-state index contributed by atoms with van der Waals surface area (Å²) in [6.45, 7) is 7.66. The normalized spacial score (nSPS) is 15.0. The lowest BCUT2D eigenvalue weighted by molar-refractivity contribution is -0.142. The highest BCUT2D eigenvalue weighted by Crippen LogP contribution is 2.09. The van der Waals surface area contributed by atoms with Gasteiger partial charge in [-0.25, -0.2) is 4.79 Å². The Balaban J connectivity index is 4.81. The van der Waals surface area contributed by atoms with Crippen molar-refractivity contribution in [3.63, 3.8) is 0 Å². The SMILES string of the molecule is CCC(C)C(N)C(=O)NC(CC(C)C)C(=O)NCC(=O)NC(CCCCN)C(=O)O. The molecule has 0 bridgehead atoms. The van der Waals surface area contributed by atoms with Gasteiger partial charge >= 0.3 is 5.97 Å². The van der Waals surface area contributed by atoms with E-state index in [9.17, 15) is 24.3 Å². The minimum atomic E-state index is -1.14. The summed E-state index contributed by atoms with van der Waals surface area (Å²) < 4.78 is 0. The van der Waals surface area contributed by atoms with Gasteiger partial charge in [0.1, 0.15) is 12.1 Å². The third-order valence-corrected chi connectivity index (χ3v) is 4.90. The van der Waals surface area contributed by atoms with E-state index in [2.05, 4.69) is 16.0 Å². The number of amides is 3. The molecule has 0 aliphatic rings. The molecule has 0 aromatic heterocycles. The summed E-state index contributed by atoms with van der Waals surface area (Å²) in [5, 5.41) is 16.7. The van der Waals surface area contributed by atoms with Crippen molar-refractivity contribution in [3.8, 4) is 0 Å². The van der Waals surface area contributed by atoms with Crippen molar-refractivity contribution in [3.05, 3.63) is 0 Å². The number of aliphatic carboxylic acids is 1. The van der Waals surface area contributed by atoms with E-state index in [0.717, 1.165) is 6.42 Å². The zero-order valence-corrected chi connectivity index (χ0v) is 18.6. The van der Waals surface area contributed by atoms with Crippen molar-refractivity contribution >= 4 is 23.7 Å². The molecule has 0 heterocycles. The molecule has 10 heteroatoms. The van der Waals surface area contributed by atoms with E-state index in [1.165, 1.54) is 0 Å². The fourth-order valence-corrected chi connectivity index (χ4v) is 2.77. The number of hydrogen-bond acceptors (Lipinski definition) is 6. The summed E-state index contributed by atoms with van der Waals surface area (Å²) in [6.07, 6.45) is 2.59. The lowest BCUT2D eigenvalue weighted by Gasteiger charge is -2.24. The molecule has 0 aliphatic heterocycles. The number of nitrogens with two attached hydrogens (primary N) is 2. The van der Waals surface area contributed by atoms with Gasteiger partial charge in [0, 0.05) is 0 Å². The Labute approximate surface area is 178 Å². The van der Waals surface area contributed by atoms with E-state index in [-0.39, 0.29) is 24.8 Å². The van der Waals surface area contributed by atoms with Crippen LogP contribution in [-0.4, -0.2) is 60.0 Å². The Kier molecular flexibility index (Phi) is 13.7. The topological polar surface area (TPSA) is 177 Å². The third-order valence-electron chi connectivity index (χ3n) is 4.90. The molecule has 0 aliphatic carbocycles. The quantitative estimate of drug-likeness (QED) is 0.194. The zero-order chi connectivity index (χ0) is 23.3. The Bertz CT molecular complexity index is 570. The molecule has 0 aromatic rings. The summed E-state index contributed by atoms with van der Waals surface area (Å²) >= 11 is 0. The highest BCUT2D eigenvalue weighted by Gasteiger charge is 2.27. The molecule has 0 saturated carbocycles. The van der Waals surface area contributed by atoms with Gasteiger partial charge in [0.05, 0.1) is 12.6 Å². The molecule has 4 unspecified atom stereocenters. The van der Waals surface area contributed by atoms with Crippen molar-refractivity contribution in [2.75, 3.05) is 13.1 Å². The summed E-state index contributed by atoms with van der Waals surface area (Å²) in [4.78, 5) is 48.2. The largest absolute Gasteiger partial charge is 0.480 e. The number of carboxylic acid groups (broad SMARTS) is 1. The van der Waals surface area contributed by atoms with Crippen molar-refractivity contribution in [1.82, 2.24) is 16.0 Å². The first kappa shape index (κ1) is 27.8. The number of unbranched alkanes of at least 4 members (excludes halogenated alkanes) is 1. The number of carbonyl (C=O) groups excluding carboxylic acids is 3. The molecule has 0 radical (unpaired) electrons. The van der Waals surface area contributed by atoms with Crippen molar-refractivity contribution in [2.45, 2.75) is 77.9 Å². The van der Waals surface area contributed by atoms with Crippen LogP contribution in [-0.2, 0) is 19.2 Å². The van der Waals surface area contributed by atoms with Gasteiger partial charge in [-0.1, -0.05) is 34.1 Å². The molecule has 0 fully saturated rings. The molecular weight excluding hydrogens is 390 g/mol. The number of rotatable bonds is 15. The summed E-state index contributed by atoms with van der Waals surface area (Å²) in [7, 11) is 0. The van der Waals surface area contributed by atoms with E-state index in [1.807, 2.05) is 27.7 Å². The average molecular weight is 430 g/mol. The molecular formula is C20H39N5O5. The lowest BCUT2D eigenvalue weighted by atomic mass is 9.97. The van der Waals surface area contributed by atoms with Crippen LogP contribution in [0.5, 0.6) is 0 Å². The van der Waals surface area contributed by atoms with E-state index < -0.39 is 41.8 Å². The van der Waals surface area contributed by atoms with E-state index in [4.69, 9.17) is 11.5 Å². The van der Waals surface area contributed by atoms with Crippen LogP contribution in [0.4, 0.5) is 0 Å². The zero-order valence-electron chi connectivity index (χ0n) is 18.6. The van der Waals surface area contributed by atoms with Gasteiger partial charge in [-0.15, -0.1) is 0 Å². The predicted octanol–water partition coefficient (Wildman–Crippen LogP) is -0.295. The van der Waals surface area contributed by atoms with Crippen LogP contribution in [0.2, 0.25) is 0 Å². The Morgan fingerprint density at radius 1 is 0.967 bits per heavy atom. The first-order chi connectivity index (χ1) is 14.0. The van der Waals surface area contributed by atoms with Gasteiger partial charge in [-0.05, 0) is 44.1 Å². The summed E-state index contributed by atoms with van der Waals surface area (Å²) in [5.74, 6) is -2.61. The van der Waals surface area contributed by atoms with Crippen molar-refractivity contribution in [2.24, 2.45) is 23.3 Å². The van der Waals surface area contributed by atoms with E-state index in [0.29, 0.717) is 25.8 Å². The van der Waals surface area contributed by atoms with Gasteiger partial charge < -0.3 is 32.5 Å². The Morgan fingerprint density at radius 2 is 1.60 bits per heavy atom. The van der Waals surface area contributed by atoms with Gasteiger partial charge in [-0.2, -0.15) is 0 Å². The number of carbonyl (C=O) groups is 4. The van der Waals surface area contributed by atoms with Crippen molar-refractivity contribution in [1.29, 1.82) is 0 Å². The monoisotopic (exact) mass is 429 g/mol. The first-order valence-corrected chi connectivity index (χ1v) is 10.6. The maximum absolute atomic E-state index is 12.5. The van der Waals surface area contributed by atoms with Crippen LogP contribution >= 0.6 is 0 Å². The number of hydrogen-bond donors (Lipinski definition) is 6. The molecule has 30 heavy (non-hydrogen) atoms. The Morgan fingerprint density at radius 3 is 2.10 bits per heavy atom. The Hall–Kier alpha value is -2.20. The highest BCUT2D eigenvalue weighted by molar-refractivity contribution is 5.92. The van der Waals surface area contributed by atoms with Crippen LogP contribution in [0.3, 0.4) is 0 Å². The maximum Gasteiger partial charge on any atom is 0.326 e. The van der Waals surface area contributed by atoms with Gasteiger partial charge in [0.15, 0.2) is 0 Å². The molecule has 0 saturated heterocycles. The fraction of sp³-hybridized carbons (Fsp3) is 0.800. The summed E-state index contributed by atoms with van der Waals surface area (Å²) in [5.41, 5.74) is 11.3. The van der Waals surface area contributed by atoms with E-state index >= 15 is 0 Å². The second-order valence-corrected chi connectivity index (χ2v) is 8.06. The number of carboxylic acids is 1. The average Bonchev–Trinajstić information content (AvgIpc) is 2.68. The molecule has 174 valence electrons. The lowest BCUT2D eigenvalue weighted by Crippen LogP contribution is -2.54.